The summed E-state index contributed by atoms with van der Waals surface area (Å²) in [5.41, 5.74) is -0.354. The number of hydrogen-bond acceptors (Lipinski definition) is 2. The van der Waals surface area contributed by atoms with Gasteiger partial charge in [-0.1, -0.05) is 13.3 Å². The molecule has 0 fully saturated rings. The van der Waals surface area contributed by atoms with Crippen LogP contribution < -0.4 is 0 Å². The van der Waals surface area contributed by atoms with Crippen LogP contribution in [-0.4, -0.2) is 21.8 Å². The molecule has 2 N–H and O–H groups in total. The summed E-state index contributed by atoms with van der Waals surface area (Å²) in [5, 5.41) is 9.23. The Balaban J connectivity index is 2.34. The van der Waals surface area contributed by atoms with Gasteiger partial charge in [-0.2, -0.15) is 0 Å². The lowest BCUT2D eigenvalue weighted by atomic mass is 9.68. The minimum atomic E-state index is -0.988. The highest BCUT2D eigenvalue weighted by Crippen LogP contribution is 2.46. The van der Waals surface area contributed by atoms with Gasteiger partial charge >= 0.3 is 5.97 Å². The van der Waals surface area contributed by atoms with Crippen LogP contribution in [0.25, 0.3) is 10.9 Å². The van der Waals surface area contributed by atoms with Gasteiger partial charge in [-0.05, 0) is 25.0 Å². The number of aliphatic carboxylic acids is 1. The maximum atomic E-state index is 14.2. The fourth-order valence-electron chi connectivity index (χ4n) is 3.79. The molecule has 1 aliphatic carbocycles. The van der Waals surface area contributed by atoms with Crippen LogP contribution in [0, 0.1) is 11.6 Å². The van der Waals surface area contributed by atoms with Gasteiger partial charge in [0.15, 0.2) is 5.78 Å². The largest absolute Gasteiger partial charge is 0.481 e. The van der Waals surface area contributed by atoms with E-state index in [0.717, 1.165) is 12.1 Å². The number of aromatic amines is 1. The van der Waals surface area contributed by atoms with E-state index in [1.165, 1.54) is 0 Å². The Morgan fingerprint density at radius 2 is 2.04 bits per heavy atom. The van der Waals surface area contributed by atoms with Crippen molar-refractivity contribution in [2.24, 2.45) is 0 Å². The van der Waals surface area contributed by atoms with Crippen LogP contribution in [0.4, 0.5) is 8.78 Å². The lowest BCUT2D eigenvalue weighted by molar-refractivity contribution is -0.138. The van der Waals surface area contributed by atoms with Crippen molar-refractivity contribution in [3.05, 3.63) is 35.0 Å². The highest BCUT2D eigenvalue weighted by atomic mass is 19.1. The highest BCUT2D eigenvalue weighted by molar-refractivity contribution is 6.11. The summed E-state index contributed by atoms with van der Waals surface area (Å²) >= 11 is 0. The van der Waals surface area contributed by atoms with Gasteiger partial charge in [-0.25, -0.2) is 8.78 Å². The van der Waals surface area contributed by atoms with E-state index in [1.807, 2.05) is 6.92 Å². The van der Waals surface area contributed by atoms with E-state index in [0.29, 0.717) is 25.0 Å². The van der Waals surface area contributed by atoms with Gasteiger partial charge in [-0.3, -0.25) is 9.59 Å². The SMILES string of the molecule is CCCC1(CC(=O)O)CCC(=O)c2c1[nH]c1c(F)ccc(F)c21. The minimum Gasteiger partial charge on any atom is -0.481 e. The van der Waals surface area contributed by atoms with E-state index >= 15 is 0 Å². The second-order valence-electron chi connectivity index (χ2n) is 6.18. The van der Waals surface area contributed by atoms with Crippen LogP contribution in [0.15, 0.2) is 12.1 Å². The molecule has 2 aromatic rings. The Labute approximate surface area is 131 Å². The topological polar surface area (TPSA) is 70.2 Å². The first-order chi connectivity index (χ1) is 10.9. The number of nitrogens with one attached hydrogen (secondary N) is 1. The molecule has 0 amide bonds. The summed E-state index contributed by atoms with van der Waals surface area (Å²) in [5.74, 6) is -2.58. The van der Waals surface area contributed by atoms with Crippen LogP contribution in [0.2, 0.25) is 0 Å². The molecule has 0 spiro atoms. The third kappa shape index (κ3) is 2.33. The predicted octanol–water partition coefficient (Wildman–Crippen LogP) is 3.94. The van der Waals surface area contributed by atoms with E-state index in [1.54, 1.807) is 0 Å². The number of Topliss-reactive ketones (excluding diaryl/α,β-unsaturated/α-hetero) is 1. The molecular formula is C17H17F2NO3. The molecule has 1 aromatic heterocycles. The molecule has 1 unspecified atom stereocenters. The first-order valence-electron chi connectivity index (χ1n) is 7.65. The molecule has 122 valence electrons. The number of halogens is 2. The van der Waals surface area contributed by atoms with E-state index in [4.69, 9.17) is 0 Å². The molecule has 0 radical (unpaired) electrons. The van der Waals surface area contributed by atoms with Crippen molar-refractivity contribution in [3.8, 4) is 0 Å². The Bertz CT molecular complexity index is 812. The second kappa shape index (κ2) is 5.44. The molecular weight excluding hydrogens is 304 g/mol. The van der Waals surface area contributed by atoms with Crippen LogP contribution in [0.1, 0.15) is 55.1 Å². The number of carboxylic acid groups (broad SMARTS) is 1. The Morgan fingerprint density at radius 1 is 1.35 bits per heavy atom. The third-order valence-electron chi connectivity index (χ3n) is 4.71. The van der Waals surface area contributed by atoms with Crippen LogP contribution in [0.5, 0.6) is 0 Å². The molecule has 0 bridgehead atoms. The van der Waals surface area contributed by atoms with E-state index in [-0.39, 0.29) is 35.1 Å². The number of benzene rings is 1. The van der Waals surface area contributed by atoms with Crippen LogP contribution >= 0.6 is 0 Å². The monoisotopic (exact) mass is 321 g/mol. The van der Waals surface area contributed by atoms with Gasteiger partial charge in [0, 0.05) is 28.5 Å². The molecule has 3 rings (SSSR count). The lowest BCUT2D eigenvalue weighted by Crippen LogP contribution is -2.35. The van der Waals surface area contributed by atoms with Crippen molar-refractivity contribution < 1.29 is 23.5 Å². The number of rotatable bonds is 4. The summed E-state index contributed by atoms with van der Waals surface area (Å²) in [4.78, 5) is 26.5. The number of carbonyl (C=O) groups excluding carboxylic acids is 1. The second-order valence-corrected chi connectivity index (χ2v) is 6.18. The van der Waals surface area contributed by atoms with Gasteiger partial charge in [0.05, 0.1) is 11.9 Å². The Kier molecular flexibility index (Phi) is 3.70. The first-order valence-corrected chi connectivity index (χ1v) is 7.65. The molecule has 1 atom stereocenters. The maximum Gasteiger partial charge on any atom is 0.304 e. The number of ketones is 1. The van der Waals surface area contributed by atoms with Crippen LogP contribution in [-0.2, 0) is 10.2 Å². The highest BCUT2D eigenvalue weighted by Gasteiger charge is 2.43. The predicted molar refractivity (Wildman–Crippen MR) is 80.6 cm³/mol. The molecule has 0 saturated heterocycles. The van der Waals surface area contributed by atoms with Crippen molar-refractivity contribution in [3.63, 3.8) is 0 Å². The summed E-state index contributed by atoms with van der Waals surface area (Å²) in [6.07, 6.45) is 1.59. The number of carboxylic acids is 1. The average Bonchev–Trinajstić information content (AvgIpc) is 2.90. The molecule has 1 aliphatic rings. The van der Waals surface area contributed by atoms with E-state index in [9.17, 15) is 23.5 Å². The fraction of sp³-hybridized carbons (Fsp3) is 0.412. The first kappa shape index (κ1) is 15.6. The van der Waals surface area contributed by atoms with E-state index in [2.05, 4.69) is 4.98 Å². The summed E-state index contributed by atoms with van der Waals surface area (Å²) < 4.78 is 28.3. The van der Waals surface area contributed by atoms with Crippen LogP contribution in [0.3, 0.4) is 0 Å². The number of aromatic nitrogens is 1. The van der Waals surface area contributed by atoms with Crippen molar-refractivity contribution >= 4 is 22.7 Å². The Morgan fingerprint density at radius 3 is 2.70 bits per heavy atom. The van der Waals surface area contributed by atoms with Gasteiger partial charge in [0.25, 0.3) is 0 Å². The van der Waals surface area contributed by atoms with Gasteiger partial charge in [0.1, 0.15) is 11.6 Å². The minimum absolute atomic E-state index is 0.0592. The third-order valence-corrected chi connectivity index (χ3v) is 4.71. The molecule has 1 aromatic carbocycles. The molecule has 6 heteroatoms. The summed E-state index contributed by atoms with van der Waals surface area (Å²) in [7, 11) is 0. The Hall–Kier alpha value is -2.24. The zero-order valence-corrected chi connectivity index (χ0v) is 12.7. The van der Waals surface area contributed by atoms with E-state index < -0.39 is 23.0 Å². The molecule has 4 nitrogen and oxygen atoms in total. The van der Waals surface area contributed by atoms with Gasteiger partial charge < -0.3 is 10.1 Å². The maximum absolute atomic E-state index is 14.2. The fourth-order valence-corrected chi connectivity index (χ4v) is 3.79. The average molecular weight is 321 g/mol. The number of H-pyrrole nitrogens is 1. The summed E-state index contributed by atoms with van der Waals surface area (Å²) in [6, 6.07) is 2.00. The summed E-state index contributed by atoms with van der Waals surface area (Å²) in [6.45, 7) is 1.92. The van der Waals surface area contributed by atoms with Gasteiger partial charge in [0.2, 0.25) is 0 Å². The molecule has 0 aliphatic heterocycles. The quantitative estimate of drug-likeness (QED) is 0.896. The molecule has 0 saturated carbocycles. The zero-order chi connectivity index (χ0) is 16.8. The zero-order valence-electron chi connectivity index (χ0n) is 12.7. The van der Waals surface area contributed by atoms with Crippen molar-refractivity contribution in [1.82, 2.24) is 4.98 Å². The van der Waals surface area contributed by atoms with Crippen molar-refractivity contribution in [2.45, 2.75) is 44.4 Å². The number of fused-ring (bicyclic) bond motifs is 3. The van der Waals surface area contributed by atoms with Crippen molar-refractivity contribution in [2.75, 3.05) is 0 Å². The number of hydrogen-bond donors (Lipinski definition) is 2. The lowest BCUT2D eigenvalue weighted by Gasteiger charge is -2.35. The standard InChI is InChI=1S/C17H17F2NO3/c1-2-6-17(8-12(22)23)7-5-11(21)14-13-9(18)3-4-10(19)15(13)20-16(14)17/h3-4,20H,2,5-8H2,1H3,(H,22,23). The molecule has 23 heavy (non-hydrogen) atoms. The smallest absolute Gasteiger partial charge is 0.304 e. The van der Waals surface area contributed by atoms with Gasteiger partial charge in [-0.15, -0.1) is 0 Å². The van der Waals surface area contributed by atoms with Crippen molar-refractivity contribution in [1.29, 1.82) is 0 Å². The number of carbonyl (C=O) groups is 2. The molecule has 1 heterocycles. The normalized spacial score (nSPS) is 20.7.